The molecule has 124 valence electrons. The first kappa shape index (κ1) is 16.4. The van der Waals surface area contributed by atoms with Crippen LogP contribution in [0.15, 0.2) is 24.8 Å². The van der Waals surface area contributed by atoms with Crippen molar-refractivity contribution in [2.75, 3.05) is 0 Å². The molecule has 0 amide bonds. The van der Waals surface area contributed by atoms with Crippen LogP contribution in [0, 0.1) is 23.5 Å². The van der Waals surface area contributed by atoms with Gasteiger partial charge in [-0.3, -0.25) is 0 Å². The van der Waals surface area contributed by atoms with Gasteiger partial charge in [0.2, 0.25) is 0 Å². The van der Waals surface area contributed by atoms with E-state index >= 15 is 0 Å². The van der Waals surface area contributed by atoms with Gasteiger partial charge in [-0.05, 0) is 55.1 Å². The molecule has 0 aromatic heterocycles. The van der Waals surface area contributed by atoms with Gasteiger partial charge in [-0.15, -0.1) is 0 Å². The molecular formula is C21H26F2. The Labute approximate surface area is 138 Å². The van der Waals surface area contributed by atoms with Crippen molar-refractivity contribution in [3.8, 4) is 0 Å². The molecule has 1 aromatic rings. The molecule has 0 heterocycles. The molecule has 1 aromatic carbocycles. The Morgan fingerprint density at radius 1 is 1.13 bits per heavy atom. The smallest absolute Gasteiger partial charge is 0.166 e. The molecule has 23 heavy (non-hydrogen) atoms. The monoisotopic (exact) mass is 316 g/mol. The number of rotatable bonds is 4. The molecule has 0 N–H and O–H groups in total. The zero-order valence-electron chi connectivity index (χ0n) is 14.0. The summed E-state index contributed by atoms with van der Waals surface area (Å²) in [5.41, 5.74) is 2.55. The molecule has 1 fully saturated rings. The van der Waals surface area contributed by atoms with Crippen LogP contribution < -0.4 is 0 Å². The van der Waals surface area contributed by atoms with E-state index in [2.05, 4.69) is 19.6 Å². The predicted molar refractivity (Wildman–Crippen MR) is 93.0 cm³/mol. The number of allylic oxidation sites excluding steroid dienone is 3. The largest absolute Gasteiger partial charge is 0.203 e. The van der Waals surface area contributed by atoms with E-state index in [1.165, 1.54) is 0 Å². The Bertz CT molecular complexity index is 621. The van der Waals surface area contributed by atoms with Gasteiger partial charge in [0.15, 0.2) is 11.6 Å². The summed E-state index contributed by atoms with van der Waals surface area (Å²) in [6.07, 6.45) is 10.6. The van der Waals surface area contributed by atoms with Crippen LogP contribution in [0.1, 0.15) is 69.4 Å². The van der Waals surface area contributed by atoms with E-state index in [0.29, 0.717) is 23.0 Å². The van der Waals surface area contributed by atoms with Gasteiger partial charge in [-0.1, -0.05) is 51.0 Å². The fourth-order valence-corrected chi connectivity index (χ4v) is 4.04. The van der Waals surface area contributed by atoms with Crippen molar-refractivity contribution in [3.05, 3.63) is 47.5 Å². The van der Waals surface area contributed by atoms with E-state index in [1.54, 1.807) is 12.1 Å². The van der Waals surface area contributed by atoms with Crippen molar-refractivity contribution < 1.29 is 8.78 Å². The van der Waals surface area contributed by atoms with Crippen molar-refractivity contribution in [3.63, 3.8) is 0 Å². The lowest BCUT2D eigenvalue weighted by Crippen LogP contribution is -2.07. The SMILES string of the molecule is C=C(c1ccc(C2=CCC(CC)CC2)c(F)c1F)C1CCCC1. The van der Waals surface area contributed by atoms with Gasteiger partial charge < -0.3 is 0 Å². The first-order valence-electron chi connectivity index (χ1n) is 8.98. The highest BCUT2D eigenvalue weighted by Gasteiger charge is 2.24. The fraction of sp³-hybridized carbons (Fsp3) is 0.524. The van der Waals surface area contributed by atoms with Crippen LogP contribution in [0.5, 0.6) is 0 Å². The lowest BCUT2D eigenvalue weighted by Gasteiger charge is -2.22. The third kappa shape index (κ3) is 3.27. The van der Waals surface area contributed by atoms with Crippen molar-refractivity contribution >= 4 is 11.1 Å². The summed E-state index contributed by atoms with van der Waals surface area (Å²) in [5, 5.41) is 0. The third-order valence-corrected chi connectivity index (χ3v) is 5.72. The van der Waals surface area contributed by atoms with Crippen molar-refractivity contribution in [2.24, 2.45) is 11.8 Å². The number of benzene rings is 1. The summed E-state index contributed by atoms with van der Waals surface area (Å²) in [6.45, 7) is 6.24. The second-order valence-corrected chi connectivity index (χ2v) is 7.07. The van der Waals surface area contributed by atoms with Crippen molar-refractivity contribution in [2.45, 2.75) is 58.3 Å². The maximum absolute atomic E-state index is 14.6. The van der Waals surface area contributed by atoms with Crippen LogP contribution >= 0.6 is 0 Å². The second-order valence-electron chi connectivity index (χ2n) is 7.07. The van der Waals surface area contributed by atoms with E-state index in [-0.39, 0.29) is 0 Å². The maximum Gasteiger partial charge on any atom is 0.166 e. The first-order chi connectivity index (χ1) is 11.1. The van der Waals surface area contributed by atoms with E-state index in [0.717, 1.165) is 62.5 Å². The van der Waals surface area contributed by atoms with Gasteiger partial charge in [0.05, 0.1) is 0 Å². The third-order valence-electron chi connectivity index (χ3n) is 5.72. The standard InChI is InChI=1S/C21H26F2/c1-3-15-8-10-17(11-9-15)19-13-12-18(20(22)21(19)23)14(2)16-6-4-5-7-16/h10,12-13,15-16H,2-9,11H2,1H3. The molecule has 0 bridgehead atoms. The number of hydrogen-bond donors (Lipinski definition) is 0. The molecule has 2 heteroatoms. The Kier molecular flexibility index (Phi) is 4.99. The Hall–Kier alpha value is -1.44. The van der Waals surface area contributed by atoms with Crippen LogP contribution in [0.3, 0.4) is 0 Å². The molecule has 1 atom stereocenters. The van der Waals surface area contributed by atoms with Crippen LogP contribution in [0.2, 0.25) is 0 Å². The average molecular weight is 316 g/mol. The predicted octanol–water partition coefficient (Wildman–Crippen LogP) is 6.76. The molecule has 3 rings (SSSR count). The summed E-state index contributed by atoms with van der Waals surface area (Å²) in [5.74, 6) is -0.400. The summed E-state index contributed by atoms with van der Waals surface area (Å²) in [6, 6.07) is 3.49. The summed E-state index contributed by atoms with van der Waals surface area (Å²) >= 11 is 0. The summed E-state index contributed by atoms with van der Waals surface area (Å²) < 4.78 is 29.2. The highest BCUT2D eigenvalue weighted by atomic mass is 19.2. The second kappa shape index (κ2) is 6.98. The van der Waals surface area contributed by atoms with Crippen LogP contribution in [0.25, 0.3) is 11.1 Å². The highest BCUT2D eigenvalue weighted by Crippen LogP contribution is 2.39. The van der Waals surface area contributed by atoms with Gasteiger partial charge >= 0.3 is 0 Å². The minimum absolute atomic E-state index is 0.314. The van der Waals surface area contributed by atoms with Gasteiger partial charge in [-0.2, -0.15) is 0 Å². The van der Waals surface area contributed by atoms with E-state index in [9.17, 15) is 8.78 Å². The van der Waals surface area contributed by atoms with Gasteiger partial charge in [0, 0.05) is 11.1 Å². The average Bonchev–Trinajstić information content (AvgIpc) is 3.11. The Morgan fingerprint density at radius 3 is 2.48 bits per heavy atom. The van der Waals surface area contributed by atoms with E-state index in [4.69, 9.17) is 0 Å². The molecule has 2 aliphatic rings. The van der Waals surface area contributed by atoms with E-state index < -0.39 is 11.6 Å². The molecule has 1 unspecified atom stereocenters. The van der Waals surface area contributed by atoms with Crippen LogP contribution in [0.4, 0.5) is 8.78 Å². The molecule has 0 radical (unpaired) electrons. The minimum Gasteiger partial charge on any atom is -0.203 e. The van der Waals surface area contributed by atoms with Gasteiger partial charge in [-0.25, -0.2) is 8.78 Å². The summed E-state index contributed by atoms with van der Waals surface area (Å²) in [4.78, 5) is 0. The number of halogens is 2. The molecule has 0 aliphatic heterocycles. The summed E-state index contributed by atoms with van der Waals surface area (Å²) in [7, 11) is 0. The molecule has 0 spiro atoms. The Balaban J connectivity index is 1.86. The number of hydrogen-bond acceptors (Lipinski definition) is 0. The van der Waals surface area contributed by atoms with Crippen molar-refractivity contribution in [1.29, 1.82) is 0 Å². The topological polar surface area (TPSA) is 0 Å². The zero-order valence-corrected chi connectivity index (χ0v) is 14.0. The fourth-order valence-electron chi connectivity index (χ4n) is 4.04. The molecule has 0 nitrogen and oxygen atoms in total. The lowest BCUT2D eigenvalue weighted by molar-refractivity contribution is 0.467. The van der Waals surface area contributed by atoms with E-state index in [1.807, 2.05) is 0 Å². The molecule has 2 aliphatic carbocycles. The maximum atomic E-state index is 14.6. The Morgan fingerprint density at radius 2 is 1.87 bits per heavy atom. The molecule has 0 saturated heterocycles. The molecule has 1 saturated carbocycles. The zero-order chi connectivity index (χ0) is 16.4. The lowest BCUT2D eigenvalue weighted by atomic mass is 9.84. The quantitative estimate of drug-likeness (QED) is 0.575. The molecular weight excluding hydrogens is 290 g/mol. The van der Waals surface area contributed by atoms with Crippen LogP contribution in [-0.2, 0) is 0 Å². The highest BCUT2D eigenvalue weighted by molar-refractivity contribution is 5.72. The minimum atomic E-state index is -0.710. The van der Waals surface area contributed by atoms with Crippen LogP contribution in [-0.4, -0.2) is 0 Å². The first-order valence-corrected chi connectivity index (χ1v) is 8.98. The van der Waals surface area contributed by atoms with Gasteiger partial charge in [0.1, 0.15) is 0 Å². The van der Waals surface area contributed by atoms with Gasteiger partial charge in [0.25, 0.3) is 0 Å². The normalized spacial score (nSPS) is 22.2. The van der Waals surface area contributed by atoms with Crippen molar-refractivity contribution in [1.82, 2.24) is 0 Å².